The van der Waals surface area contributed by atoms with E-state index in [2.05, 4.69) is 21.0 Å². The zero-order valence-electron chi connectivity index (χ0n) is 41.7. The van der Waals surface area contributed by atoms with E-state index in [1.54, 1.807) is 0 Å². The molecule has 398 valence electrons. The minimum Gasteiger partial charge on any atom is -0.395 e. The number of rotatable bonds is 50. The number of nitrogens with zero attached hydrogens (tertiary/aromatic N) is 4. The quantitative estimate of drug-likeness (QED) is 0.0205. The maximum atomic E-state index is 10.2. The second-order valence-corrected chi connectivity index (χ2v) is 21.6. The summed E-state index contributed by atoms with van der Waals surface area (Å²) in [5.74, 6) is 0. The normalized spacial score (nSPS) is 13.4. The van der Waals surface area contributed by atoms with Crippen LogP contribution >= 0.6 is 0 Å². The Balaban J connectivity index is 6.24. The minimum absolute atomic E-state index is 0.00431. The van der Waals surface area contributed by atoms with Gasteiger partial charge < -0.3 is 79.0 Å². The Morgan fingerprint density at radius 2 is 0.621 bits per heavy atom. The Bertz CT molecular complexity index is 984. The van der Waals surface area contributed by atoms with Gasteiger partial charge in [0, 0.05) is 51.7 Å². The molecule has 0 saturated heterocycles. The highest BCUT2D eigenvalue weighted by Crippen LogP contribution is 2.24. The molecular formula is C46H101N4O15Si+. The second-order valence-electron chi connectivity index (χ2n) is 18.9. The number of aliphatic hydroxyl groups excluding tert-OH is 12. The molecular weight excluding hydrogens is 877 g/mol. The smallest absolute Gasteiger partial charge is 0.395 e. The summed E-state index contributed by atoms with van der Waals surface area (Å²) in [5.41, 5.74) is -4.40. The first kappa shape index (κ1) is 65.5. The van der Waals surface area contributed by atoms with Crippen LogP contribution < -0.4 is 0 Å². The number of hydrogen-bond donors (Lipinski definition) is 12. The van der Waals surface area contributed by atoms with Gasteiger partial charge in [0.2, 0.25) is 0 Å². The summed E-state index contributed by atoms with van der Waals surface area (Å²) < 4.78 is 20.6. The van der Waals surface area contributed by atoms with Crippen LogP contribution in [-0.4, -0.2) is 271 Å². The van der Waals surface area contributed by atoms with E-state index < -0.39 is 84.9 Å². The van der Waals surface area contributed by atoms with Crippen LogP contribution in [0.15, 0.2) is 0 Å². The van der Waals surface area contributed by atoms with Crippen molar-refractivity contribution in [2.45, 2.75) is 132 Å². The van der Waals surface area contributed by atoms with Gasteiger partial charge in [-0.25, -0.2) is 0 Å². The zero-order chi connectivity index (χ0) is 49.6. The van der Waals surface area contributed by atoms with Crippen molar-refractivity contribution in [2.24, 2.45) is 0 Å². The molecule has 0 amide bonds. The molecule has 0 aliphatic rings. The Morgan fingerprint density at radius 3 is 0.879 bits per heavy atom. The summed E-state index contributed by atoms with van der Waals surface area (Å²) >= 11 is 0. The maximum Gasteiger partial charge on any atom is 0.501 e. The van der Waals surface area contributed by atoms with E-state index in [-0.39, 0.29) is 78.9 Å². The first-order valence-electron chi connectivity index (χ1n) is 25.1. The molecule has 12 N–H and O–H groups in total. The van der Waals surface area contributed by atoms with Gasteiger partial charge in [0.15, 0.2) is 0 Å². The highest BCUT2D eigenvalue weighted by Gasteiger charge is 2.45. The molecule has 0 rings (SSSR count). The molecule has 20 heteroatoms. The fourth-order valence-corrected chi connectivity index (χ4v) is 11.0. The SMILES string of the molecule is CCCCCCCCCCCCCCCCC[N+](C)(C)CCC[Si](OCCN(CCO)C(CO)(CO)CO)(OCCN(CCO)C(CO)(CO)CO)OCCN(CCO)C(CO)(CO)CO. The van der Waals surface area contributed by atoms with Crippen LogP contribution in [-0.2, 0) is 13.3 Å². The van der Waals surface area contributed by atoms with Gasteiger partial charge in [0.1, 0.15) is 0 Å². The molecule has 0 atom stereocenters. The summed E-state index contributed by atoms with van der Waals surface area (Å²) in [6, 6.07) is 0.301. The molecule has 19 nitrogen and oxygen atoms in total. The highest BCUT2D eigenvalue weighted by atomic mass is 28.4. The molecule has 0 radical (unpaired) electrons. The molecule has 0 heterocycles. The summed E-state index contributed by atoms with van der Waals surface area (Å²) in [5, 5.41) is 121. The lowest BCUT2D eigenvalue weighted by Gasteiger charge is -2.42. The van der Waals surface area contributed by atoms with E-state index in [1.165, 1.54) is 98.2 Å². The number of hydrogen-bond acceptors (Lipinski definition) is 18. The summed E-state index contributed by atoms with van der Waals surface area (Å²) in [4.78, 5) is 4.60. The third-order valence-corrected chi connectivity index (χ3v) is 16.3. The van der Waals surface area contributed by atoms with Crippen molar-refractivity contribution < 1.29 is 79.0 Å². The van der Waals surface area contributed by atoms with Crippen LogP contribution in [0, 0.1) is 0 Å². The van der Waals surface area contributed by atoms with Crippen LogP contribution in [0.25, 0.3) is 0 Å². The van der Waals surface area contributed by atoms with E-state index in [1.807, 2.05) is 0 Å². The maximum absolute atomic E-state index is 10.2. The molecule has 66 heavy (non-hydrogen) atoms. The Labute approximate surface area is 399 Å². The number of β-amino-alcohol motifs (C(OH)–C–C–N with tert-alkyl or cyclic N) is 3. The fourth-order valence-electron chi connectivity index (χ4n) is 8.49. The molecule has 0 saturated carbocycles. The largest absolute Gasteiger partial charge is 0.501 e. The highest BCUT2D eigenvalue weighted by molar-refractivity contribution is 6.60. The molecule has 0 aliphatic carbocycles. The van der Waals surface area contributed by atoms with Crippen LogP contribution in [0.3, 0.4) is 0 Å². The predicted octanol–water partition coefficient (Wildman–Crippen LogP) is -0.657. The second kappa shape index (κ2) is 39.1. The summed E-state index contributed by atoms with van der Waals surface area (Å²) in [7, 11) is 0.506. The van der Waals surface area contributed by atoms with Gasteiger partial charge >= 0.3 is 8.80 Å². The van der Waals surface area contributed by atoms with Crippen LogP contribution in [0.4, 0.5) is 0 Å². The Hall–Kier alpha value is -0.543. The van der Waals surface area contributed by atoms with E-state index in [0.29, 0.717) is 12.5 Å². The van der Waals surface area contributed by atoms with Gasteiger partial charge in [-0.2, -0.15) is 0 Å². The Morgan fingerprint density at radius 1 is 0.364 bits per heavy atom. The van der Waals surface area contributed by atoms with Gasteiger partial charge in [0.25, 0.3) is 0 Å². The first-order chi connectivity index (χ1) is 31.8. The lowest BCUT2D eigenvalue weighted by atomic mass is 10.0. The van der Waals surface area contributed by atoms with Gasteiger partial charge in [0.05, 0.1) is 143 Å². The average molecular weight is 978 g/mol. The summed E-state index contributed by atoms with van der Waals surface area (Å²) in [6.07, 6.45) is 20.0. The molecule has 0 aliphatic heterocycles. The van der Waals surface area contributed by atoms with Crippen molar-refractivity contribution in [3.63, 3.8) is 0 Å². The number of quaternary nitrogens is 1. The predicted molar refractivity (Wildman–Crippen MR) is 258 cm³/mol. The summed E-state index contributed by atoms with van der Waals surface area (Å²) in [6.45, 7) is -2.68. The van der Waals surface area contributed by atoms with E-state index >= 15 is 0 Å². The molecule has 0 aromatic rings. The van der Waals surface area contributed by atoms with Crippen molar-refractivity contribution in [2.75, 3.05) is 166 Å². The van der Waals surface area contributed by atoms with Crippen molar-refractivity contribution >= 4 is 8.80 Å². The van der Waals surface area contributed by atoms with Crippen molar-refractivity contribution in [1.29, 1.82) is 0 Å². The molecule has 0 aromatic carbocycles. The third kappa shape index (κ3) is 24.5. The van der Waals surface area contributed by atoms with Gasteiger partial charge in [-0.15, -0.1) is 0 Å². The number of aliphatic hydroxyl groups is 12. The molecule has 0 aromatic heterocycles. The van der Waals surface area contributed by atoms with Crippen LogP contribution in [0.2, 0.25) is 6.04 Å². The lowest BCUT2D eigenvalue weighted by molar-refractivity contribution is -0.890. The van der Waals surface area contributed by atoms with Crippen LogP contribution in [0.1, 0.15) is 110 Å². The van der Waals surface area contributed by atoms with Gasteiger partial charge in [-0.3, -0.25) is 14.7 Å². The van der Waals surface area contributed by atoms with Crippen molar-refractivity contribution in [1.82, 2.24) is 14.7 Å². The average Bonchev–Trinajstić information content (AvgIpc) is 3.32. The van der Waals surface area contributed by atoms with Crippen molar-refractivity contribution in [3.8, 4) is 0 Å². The molecule has 0 spiro atoms. The molecule has 0 unspecified atom stereocenters. The molecule has 0 bridgehead atoms. The van der Waals surface area contributed by atoms with Gasteiger partial charge in [-0.05, 0) is 12.8 Å². The van der Waals surface area contributed by atoms with E-state index in [0.717, 1.165) is 30.4 Å². The van der Waals surface area contributed by atoms with E-state index in [4.69, 9.17) is 13.3 Å². The van der Waals surface area contributed by atoms with Crippen LogP contribution in [0.5, 0.6) is 0 Å². The van der Waals surface area contributed by atoms with Crippen molar-refractivity contribution in [3.05, 3.63) is 0 Å². The third-order valence-electron chi connectivity index (χ3n) is 13.4. The molecule has 0 fully saturated rings. The Kier molecular flexibility index (Phi) is 38.8. The van der Waals surface area contributed by atoms with E-state index in [9.17, 15) is 61.3 Å². The first-order valence-corrected chi connectivity index (χ1v) is 27.0. The number of unbranched alkanes of at least 4 members (excludes halogenated alkanes) is 14. The van der Waals surface area contributed by atoms with Gasteiger partial charge in [-0.1, -0.05) is 90.4 Å². The monoisotopic (exact) mass is 978 g/mol. The fraction of sp³-hybridized carbons (Fsp3) is 1.00. The zero-order valence-corrected chi connectivity index (χ0v) is 42.7. The lowest BCUT2D eigenvalue weighted by Crippen LogP contribution is -2.61. The topological polar surface area (TPSA) is 280 Å². The standard InChI is InChI=1S/C46H101N4O15Si/c1-4-5-6-7-8-9-10-11-12-13-14-15-16-17-18-26-50(2,3)27-19-34-66(63-31-23-47(20-28-51)44(35-54,36-55)37-56,64-32-24-48(21-29-52)45(38-57,39-58)40-59)65-33-25-49(22-30-53)46(41-60,42-61)43-62/h51-62H,4-43H2,1-3H3/q+1. The minimum atomic E-state index is -3.85.